The number of rotatable bonds is 3. The second-order valence-electron chi connectivity index (χ2n) is 3.81. The summed E-state index contributed by atoms with van der Waals surface area (Å²) >= 11 is 0. The minimum Gasteiger partial charge on any atom is -0.256 e. The maximum atomic E-state index is 13.1. The predicted octanol–water partition coefficient (Wildman–Crippen LogP) is 3.84. The van der Waals surface area contributed by atoms with Crippen molar-refractivity contribution in [2.24, 2.45) is 0 Å². The van der Waals surface area contributed by atoms with Crippen LogP contribution >= 0.6 is 0 Å². The van der Waals surface area contributed by atoms with Crippen LogP contribution in [0.15, 0.2) is 42.6 Å². The molecule has 0 aliphatic heterocycles. The summed E-state index contributed by atoms with van der Waals surface area (Å²) in [7, 11) is 0. The average molecular weight is 215 g/mol. The van der Waals surface area contributed by atoms with Crippen molar-refractivity contribution in [3.63, 3.8) is 0 Å². The lowest BCUT2D eigenvalue weighted by molar-refractivity contribution is 0.626. The second kappa shape index (κ2) is 4.88. The monoisotopic (exact) mass is 215 g/mol. The molecule has 0 aliphatic carbocycles. The molecule has 0 unspecified atom stereocenters. The molecule has 2 rings (SSSR count). The molecule has 1 heterocycles. The van der Waals surface area contributed by atoms with Crippen LogP contribution in [0.25, 0.3) is 11.3 Å². The summed E-state index contributed by atoms with van der Waals surface area (Å²) in [6.07, 6.45) is 3.65. The lowest BCUT2D eigenvalue weighted by atomic mass is 10.0. The Bertz CT molecular complexity index is 480. The van der Waals surface area contributed by atoms with Gasteiger partial charge in [-0.15, -0.1) is 0 Å². The van der Waals surface area contributed by atoms with Crippen LogP contribution in [0.4, 0.5) is 4.39 Å². The van der Waals surface area contributed by atoms with E-state index in [9.17, 15) is 4.39 Å². The summed E-state index contributed by atoms with van der Waals surface area (Å²) < 4.78 is 13.1. The summed E-state index contributed by atoms with van der Waals surface area (Å²) in [5.41, 5.74) is 2.94. The number of aryl methyl sites for hydroxylation is 1. The SMILES string of the molecule is CCCc1cccc(-c2cc(F)ccn2)c1. The van der Waals surface area contributed by atoms with Crippen LogP contribution in [-0.2, 0) is 6.42 Å². The highest BCUT2D eigenvalue weighted by Crippen LogP contribution is 2.19. The minimum atomic E-state index is -0.245. The third-order valence-electron chi connectivity index (χ3n) is 2.48. The van der Waals surface area contributed by atoms with Gasteiger partial charge in [-0.05, 0) is 24.1 Å². The summed E-state index contributed by atoms with van der Waals surface area (Å²) in [6, 6.07) is 10.9. The Hall–Kier alpha value is -1.70. The fourth-order valence-corrected chi connectivity index (χ4v) is 1.74. The first-order valence-electron chi connectivity index (χ1n) is 5.50. The predicted molar refractivity (Wildman–Crippen MR) is 63.6 cm³/mol. The van der Waals surface area contributed by atoms with Crippen LogP contribution in [0.2, 0.25) is 0 Å². The van der Waals surface area contributed by atoms with Gasteiger partial charge in [-0.2, -0.15) is 0 Å². The third kappa shape index (κ3) is 2.45. The van der Waals surface area contributed by atoms with E-state index < -0.39 is 0 Å². The average Bonchev–Trinajstić information content (AvgIpc) is 2.30. The molecule has 1 nitrogen and oxygen atoms in total. The molecule has 0 saturated heterocycles. The molecule has 0 amide bonds. The van der Waals surface area contributed by atoms with Crippen molar-refractivity contribution >= 4 is 0 Å². The lowest BCUT2D eigenvalue weighted by Crippen LogP contribution is -1.88. The molecule has 0 saturated carbocycles. The van der Waals surface area contributed by atoms with Crippen molar-refractivity contribution in [2.75, 3.05) is 0 Å². The van der Waals surface area contributed by atoms with Gasteiger partial charge in [0, 0.05) is 17.8 Å². The maximum absolute atomic E-state index is 13.1. The quantitative estimate of drug-likeness (QED) is 0.758. The number of nitrogens with zero attached hydrogens (tertiary/aromatic N) is 1. The Morgan fingerprint density at radius 3 is 2.81 bits per heavy atom. The van der Waals surface area contributed by atoms with Crippen LogP contribution in [-0.4, -0.2) is 4.98 Å². The fraction of sp³-hybridized carbons (Fsp3) is 0.214. The first-order valence-corrected chi connectivity index (χ1v) is 5.50. The molecule has 0 bridgehead atoms. The van der Waals surface area contributed by atoms with E-state index in [1.165, 1.54) is 23.9 Å². The molecular weight excluding hydrogens is 201 g/mol. The van der Waals surface area contributed by atoms with E-state index in [1.807, 2.05) is 12.1 Å². The van der Waals surface area contributed by atoms with Crippen molar-refractivity contribution in [3.8, 4) is 11.3 Å². The second-order valence-corrected chi connectivity index (χ2v) is 3.81. The van der Waals surface area contributed by atoms with E-state index in [0.29, 0.717) is 5.69 Å². The van der Waals surface area contributed by atoms with Crippen LogP contribution in [0.5, 0.6) is 0 Å². The highest BCUT2D eigenvalue weighted by molar-refractivity contribution is 5.59. The number of benzene rings is 1. The van der Waals surface area contributed by atoms with E-state index in [2.05, 4.69) is 24.0 Å². The number of hydrogen-bond acceptors (Lipinski definition) is 1. The van der Waals surface area contributed by atoms with Crippen LogP contribution in [0.1, 0.15) is 18.9 Å². The zero-order valence-corrected chi connectivity index (χ0v) is 9.28. The molecule has 0 radical (unpaired) electrons. The third-order valence-corrected chi connectivity index (χ3v) is 2.48. The smallest absolute Gasteiger partial charge is 0.126 e. The summed E-state index contributed by atoms with van der Waals surface area (Å²) in [5.74, 6) is -0.245. The summed E-state index contributed by atoms with van der Waals surface area (Å²) in [6.45, 7) is 2.15. The van der Waals surface area contributed by atoms with Gasteiger partial charge in [0.25, 0.3) is 0 Å². The Morgan fingerprint density at radius 2 is 2.06 bits per heavy atom. The molecule has 0 atom stereocenters. The van der Waals surface area contributed by atoms with Gasteiger partial charge in [-0.3, -0.25) is 4.98 Å². The topological polar surface area (TPSA) is 12.9 Å². The van der Waals surface area contributed by atoms with Crippen molar-refractivity contribution < 1.29 is 4.39 Å². The zero-order valence-electron chi connectivity index (χ0n) is 9.28. The van der Waals surface area contributed by atoms with Crippen LogP contribution in [0, 0.1) is 5.82 Å². The number of pyridine rings is 1. The number of hydrogen-bond donors (Lipinski definition) is 0. The van der Waals surface area contributed by atoms with Crippen molar-refractivity contribution in [3.05, 3.63) is 54.0 Å². The first-order chi connectivity index (χ1) is 7.79. The highest BCUT2D eigenvalue weighted by Gasteiger charge is 2.01. The summed E-state index contributed by atoms with van der Waals surface area (Å²) in [4.78, 5) is 4.17. The molecule has 1 aromatic carbocycles. The Balaban J connectivity index is 2.36. The van der Waals surface area contributed by atoms with E-state index in [1.54, 1.807) is 0 Å². The molecular formula is C14H14FN. The molecule has 2 aromatic rings. The number of halogens is 1. The lowest BCUT2D eigenvalue weighted by Gasteiger charge is -2.03. The molecule has 0 aliphatic rings. The molecule has 16 heavy (non-hydrogen) atoms. The van der Waals surface area contributed by atoms with Gasteiger partial charge in [0.15, 0.2) is 0 Å². The van der Waals surface area contributed by atoms with Gasteiger partial charge in [-0.25, -0.2) is 4.39 Å². The van der Waals surface area contributed by atoms with Gasteiger partial charge in [0.1, 0.15) is 5.82 Å². The number of aromatic nitrogens is 1. The van der Waals surface area contributed by atoms with Crippen molar-refractivity contribution in [1.82, 2.24) is 4.98 Å². The van der Waals surface area contributed by atoms with Crippen LogP contribution < -0.4 is 0 Å². The molecule has 2 heteroatoms. The molecule has 0 fully saturated rings. The molecule has 0 N–H and O–H groups in total. The molecule has 82 valence electrons. The van der Waals surface area contributed by atoms with Crippen molar-refractivity contribution in [2.45, 2.75) is 19.8 Å². The van der Waals surface area contributed by atoms with E-state index in [4.69, 9.17) is 0 Å². The van der Waals surface area contributed by atoms with Crippen LogP contribution in [0.3, 0.4) is 0 Å². The maximum Gasteiger partial charge on any atom is 0.126 e. The fourth-order valence-electron chi connectivity index (χ4n) is 1.74. The highest BCUT2D eigenvalue weighted by atomic mass is 19.1. The van der Waals surface area contributed by atoms with Crippen molar-refractivity contribution in [1.29, 1.82) is 0 Å². The van der Waals surface area contributed by atoms with Gasteiger partial charge >= 0.3 is 0 Å². The van der Waals surface area contributed by atoms with Gasteiger partial charge in [-0.1, -0.05) is 31.5 Å². The Morgan fingerprint density at radius 1 is 1.19 bits per heavy atom. The van der Waals surface area contributed by atoms with E-state index >= 15 is 0 Å². The van der Waals surface area contributed by atoms with E-state index in [-0.39, 0.29) is 5.82 Å². The standard InChI is InChI=1S/C14H14FN/c1-2-4-11-5-3-6-12(9-11)14-10-13(15)7-8-16-14/h3,5-10H,2,4H2,1H3. The Labute approximate surface area is 95.0 Å². The first kappa shape index (κ1) is 10.8. The zero-order chi connectivity index (χ0) is 11.4. The minimum absolute atomic E-state index is 0.245. The van der Waals surface area contributed by atoms with Gasteiger partial charge in [0.2, 0.25) is 0 Å². The largest absolute Gasteiger partial charge is 0.256 e. The van der Waals surface area contributed by atoms with Gasteiger partial charge in [0.05, 0.1) is 5.69 Å². The Kier molecular flexibility index (Phi) is 3.30. The molecule has 0 spiro atoms. The normalized spacial score (nSPS) is 10.4. The summed E-state index contributed by atoms with van der Waals surface area (Å²) in [5, 5.41) is 0. The van der Waals surface area contributed by atoms with E-state index in [0.717, 1.165) is 18.4 Å². The van der Waals surface area contributed by atoms with Gasteiger partial charge < -0.3 is 0 Å². The molecule has 1 aromatic heterocycles.